The lowest BCUT2D eigenvalue weighted by Crippen LogP contribution is -2.25. The summed E-state index contributed by atoms with van der Waals surface area (Å²) in [5.74, 6) is -0.605. The molecule has 0 aliphatic rings. The number of nitrogens with zero attached hydrogens (tertiary/aromatic N) is 2. The quantitative estimate of drug-likeness (QED) is 0.181. The Hall–Kier alpha value is -3.00. The van der Waals surface area contributed by atoms with E-state index in [-0.39, 0.29) is 14.5 Å². The first kappa shape index (κ1) is 19.3. The molecule has 2 atom stereocenters. The van der Waals surface area contributed by atoms with Gasteiger partial charge < -0.3 is 21.9 Å². The SMILES string of the molecule is NC(=NO)C(O[P+](=O)OC(C(N)=NO)c1ccccc1)c1ccccc1.[H+].[H+]. The van der Waals surface area contributed by atoms with Crippen molar-refractivity contribution in [3.63, 3.8) is 0 Å². The number of hydrogen-bond acceptors (Lipinski definition) is 7. The topological polar surface area (TPSA) is 153 Å². The summed E-state index contributed by atoms with van der Waals surface area (Å²) in [4.78, 5) is 0. The van der Waals surface area contributed by atoms with Crippen LogP contribution in [-0.4, -0.2) is 22.1 Å². The number of rotatable bonds is 8. The number of nitrogens with two attached hydrogens (primary N) is 2. The zero-order chi connectivity index (χ0) is 18.9. The molecule has 0 aliphatic heterocycles. The van der Waals surface area contributed by atoms with Crippen molar-refractivity contribution in [1.29, 1.82) is 0 Å². The third-order valence-electron chi connectivity index (χ3n) is 3.36. The highest BCUT2D eigenvalue weighted by atomic mass is 31.1. The second-order valence-corrected chi connectivity index (χ2v) is 5.93. The molecule has 2 unspecified atom stereocenters. The van der Waals surface area contributed by atoms with Crippen LogP contribution < -0.4 is 11.5 Å². The molecule has 6 N–H and O–H groups in total. The van der Waals surface area contributed by atoms with Crippen LogP contribution in [0.2, 0.25) is 0 Å². The van der Waals surface area contributed by atoms with Gasteiger partial charge in [0.05, 0.1) is 0 Å². The van der Waals surface area contributed by atoms with Gasteiger partial charge in [-0.3, -0.25) is 0 Å². The van der Waals surface area contributed by atoms with Crippen LogP contribution in [0.25, 0.3) is 0 Å². The Bertz CT molecular complexity index is 731. The second-order valence-electron chi connectivity index (χ2n) is 5.07. The average molecular weight is 379 g/mol. The molecule has 0 aliphatic carbocycles. The molecule has 9 nitrogen and oxygen atoms in total. The standard InChI is InChI=1S/C16H17N4O5P/c17-15(19-21)13(11-7-3-1-4-8-11)24-26(23)25-14(16(18)20-22)12-9-5-2-6-10-12/h1-10,13-14H,(H5-,17,18,19,20,21,22)/p+3. The Morgan fingerprint density at radius 2 is 1.19 bits per heavy atom. The molecule has 26 heavy (non-hydrogen) atoms. The largest absolute Gasteiger partial charge is 1.00 e. The minimum atomic E-state index is -2.78. The number of amidine groups is 2. The molecule has 2 rings (SSSR count). The third kappa shape index (κ3) is 5.00. The van der Waals surface area contributed by atoms with Crippen LogP contribution in [0, 0.1) is 0 Å². The van der Waals surface area contributed by atoms with Crippen molar-refractivity contribution in [1.82, 2.24) is 0 Å². The maximum atomic E-state index is 12.4. The van der Waals surface area contributed by atoms with E-state index >= 15 is 0 Å². The zero-order valence-corrected chi connectivity index (χ0v) is 14.4. The third-order valence-corrected chi connectivity index (χ3v) is 4.12. The van der Waals surface area contributed by atoms with Crippen molar-refractivity contribution in [3.8, 4) is 0 Å². The molecule has 136 valence electrons. The first-order valence-corrected chi connectivity index (χ1v) is 8.52. The molecule has 0 fully saturated rings. The summed E-state index contributed by atoms with van der Waals surface area (Å²) in [6, 6.07) is 17.0. The van der Waals surface area contributed by atoms with Crippen LogP contribution in [0.4, 0.5) is 0 Å². The van der Waals surface area contributed by atoms with E-state index in [9.17, 15) is 4.57 Å². The van der Waals surface area contributed by atoms with E-state index in [1.54, 1.807) is 60.7 Å². The van der Waals surface area contributed by atoms with Crippen LogP contribution in [0.3, 0.4) is 0 Å². The summed E-state index contributed by atoms with van der Waals surface area (Å²) in [6.45, 7) is 0. The Morgan fingerprint density at radius 3 is 1.50 bits per heavy atom. The van der Waals surface area contributed by atoms with Gasteiger partial charge in [0.15, 0.2) is 11.7 Å². The summed E-state index contributed by atoms with van der Waals surface area (Å²) in [6.07, 6.45) is -2.21. The molecule has 0 radical (unpaired) electrons. The first-order valence-electron chi connectivity index (χ1n) is 7.42. The molecule has 0 heterocycles. The minimum Gasteiger partial charge on any atom is -0.409 e. The fraction of sp³-hybridized carbons (Fsp3) is 0.125. The maximum absolute atomic E-state index is 12.4. The molecule has 10 heteroatoms. The van der Waals surface area contributed by atoms with E-state index < -0.39 is 20.5 Å². The maximum Gasteiger partial charge on any atom is 1.00 e. The summed E-state index contributed by atoms with van der Waals surface area (Å²) in [7, 11) is -2.78. The highest BCUT2D eigenvalue weighted by Gasteiger charge is 2.37. The fourth-order valence-corrected chi connectivity index (χ4v) is 2.98. The predicted octanol–water partition coefficient (Wildman–Crippen LogP) is 2.88. The van der Waals surface area contributed by atoms with Gasteiger partial charge in [0.1, 0.15) is 0 Å². The van der Waals surface area contributed by atoms with Crippen molar-refractivity contribution in [3.05, 3.63) is 71.8 Å². The minimum absolute atomic E-state index is 0. The average Bonchev–Trinajstić information content (AvgIpc) is 2.70. The van der Waals surface area contributed by atoms with E-state index in [1.807, 2.05) is 0 Å². The summed E-state index contributed by atoms with van der Waals surface area (Å²) in [5, 5.41) is 23.7. The van der Waals surface area contributed by atoms with Crippen molar-refractivity contribution in [2.24, 2.45) is 21.8 Å². The van der Waals surface area contributed by atoms with Crippen molar-refractivity contribution >= 4 is 19.9 Å². The summed E-state index contributed by atoms with van der Waals surface area (Å²) in [5.41, 5.74) is 12.3. The normalized spacial score (nSPS) is 15.3. The summed E-state index contributed by atoms with van der Waals surface area (Å²) >= 11 is 0. The zero-order valence-electron chi connectivity index (χ0n) is 15.5. The Kier molecular flexibility index (Phi) is 7.04. The van der Waals surface area contributed by atoms with Gasteiger partial charge in [0.2, 0.25) is 12.2 Å². The number of hydrogen-bond donors (Lipinski definition) is 4. The molecular weight excluding hydrogens is 359 g/mol. The van der Waals surface area contributed by atoms with Crippen molar-refractivity contribution in [2.45, 2.75) is 12.2 Å². The van der Waals surface area contributed by atoms with E-state index in [0.29, 0.717) is 11.1 Å². The fourth-order valence-electron chi connectivity index (χ4n) is 2.13. The van der Waals surface area contributed by atoms with Crippen LogP contribution in [0.1, 0.15) is 26.2 Å². The molecule has 0 saturated carbocycles. The predicted molar refractivity (Wildman–Crippen MR) is 97.2 cm³/mol. The van der Waals surface area contributed by atoms with Gasteiger partial charge >= 0.3 is 11.1 Å². The van der Waals surface area contributed by atoms with Crippen LogP contribution in [-0.2, 0) is 13.6 Å². The summed E-state index contributed by atoms with van der Waals surface area (Å²) < 4.78 is 23.0. The molecule has 0 bridgehead atoms. The molecule has 2 aromatic rings. The highest BCUT2D eigenvalue weighted by Crippen LogP contribution is 2.38. The Balaban J connectivity index is 0.00000364. The van der Waals surface area contributed by atoms with Gasteiger partial charge in [-0.25, -0.2) is 0 Å². The molecule has 0 saturated heterocycles. The number of oxime groups is 2. The second kappa shape index (κ2) is 9.47. The van der Waals surface area contributed by atoms with Crippen molar-refractivity contribution in [2.75, 3.05) is 0 Å². The van der Waals surface area contributed by atoms with E-state index in [2.05, 4.69) is 10.3 Å². The monoisotopic (exact) mass is 379 g/mol. The molecule has 0 amide bonds. The van der Waals surface area contributed by atoms with Crippen molar-refractivity contribution < 1.29 is 26.9 Å². The van der Waals surface area contributed by atoms with Gasteiger partial charge in [-0.05, 0) is 11.1 Å². The Morgan fingerprint density at radius 1 is 0.846 bits per heavy atom. The van der Waals surface area contributed by atoms with E-state index in [1.165, 1.54) is 0 Å². The van der Waals surface area contributed by atoms with Gasteiger partial charge in [-0.2, -0.15) is 0 Å². The van der Waals surface area contributed by atoms with Gasteiger partial charge in [0.25, 0.3) is 0 Å². The van der Waals surface area contributed by atoms with Gasteiger partial charge in [0, 0.05) is 4.57 Å². The highest BCUT2D eigenvalue weighted by molar-refractivity contribution is 7.33. The van der Waals surface area contributed by atoms with Crippen LogP contribution >= 0.6 is 8.25 Å². The molecular formula is C16H20N4O5P+3. The first-order chi connectivity index (χ1) is 12.6. The van der Waals surface area contributed by atoms with Crippen LogP contribution in [0.15, 0.2) is 71.0 Å². The lowest BCUT2D eigenvalue weighted by molar-refractivity contribution is 0.178. The molecule has 0 spiro atoms. The lowest BCUT2D eigenvalue weighted by atomic mass is 10.1. The lowest BCUT2D eigenvalue weighted by Gasteiger charge is -2.12. The number of benzene rings is 2. The molecule has 2 aromatic carbocycles. The van der Waals surface area contributed by atoms with E-state index in [0.717, 1.165) is 0 Å². The van der Waals surface area contributed by atoms with Gasteiger partial charge in [-0.1, -0.05) is 71.0 Å². The van der Waals surface area contributed by atoms with Crippen LogP contribution in [0.5, 0.6) is 0 Å². The van der Waals surface area contributed by atoms with Gasteiger partial charge in [-0.15, -0.1) is 9.05 Å². The Labute approximate surface area is 153 Å². The molecule has 0 aromatic heterocycles. The van der Waals surface area contributed by atoms with E-state index in [4.69, 9.17) is 30.9 Å². The smallest absolute Gasteiger partial charge is 0.409 e.